The van der Waals surface area contributed by atoms with Crippen LogP contribution in [0.4, 0.5) is 5.69 Å². The minimum atomic E-state index is -3.75. The van der Waals surface area contributed by atoms with E-state index in [0.29, 0.717) is 21.6 Å². The van der Waals surface area contributed by atoms with E-state index < -0.39 is 10.0 Å². The summed E-state index contributed by atoms with van der Waals surface area (Å²) in [4.78, 5) is 4.44. The Balaban J connectivity index is 1.68. The maximum Gasteiger partial charge on any atom is 0.261 e. The van der Waals surface area contributed by atoms with Crippen molar-refractivity contribution in [1.82, 2.24) is 4.98 Å². The van der Waals surface area contributed by atoms with E-state index in [0.717, 1.165) is 11.1 Å². The standard InChI is InChI=1S/C21H15ClN2O2S/c22-19-12-13-20(21-18(19)7-4-14-23-21)24-27(25,26)17-10-8-16(9-11-17)15-5-2-1-3-6-15/h1-14,24H. The highest BCUT2D eigenvalue weighted by molar-refractivity contribution is 7.92. The van der Waals surface area contributed by atoms with Gasteiger partial charge in [-0.3, -0.25) is 9.71 Å². The first-order chi connectivity index (χ1) is 13.0. The van der Waals surface area contributed by atoms with E-state index in [2.05, 4.69) is 9.71 Å². The van der Waals surface area contributed by atoms with Crippen LogP contribution in [0.15, 0.2) is 90.0 Å². The predicted molar refractivity (Wildman–Crippen MR) is 109 cm³/mol. The fourth-order valence-electron chi connectivity index (χ4n) is 2.88. The first-order valence-electron chi connectivity index (χ1n) is 8.26. The summed E-state index contributed by atoms with van der Waals surface area (Å²) in [5.41, 5.74) is 2.88. The molecule has 0 atom stereocenters. The van der Waals surface area contributed by atoms with Gasteiger partial charge in [-0.15, -0.1) is 0 Å². The van der Waals surface area contributed by atoms with Gasteiger partial charge in [-0.05, 0) is 47.5 Å². The molecular weight excluding hydrogens is 380 g/mol. The van der Waals surface area contributed by atoms with Crippen molar-refractivity contribution in [2.24, 2.45) is 0 Å². The van der Waals surface area contributed by atoms with E-state index in [1.165, 1.54) is 0 Å². The first-order valence-corrected chi connectivity index (χ1v) is 10.1. The number of hydrogen-bond acceptors (Lipinski definition) is 3. The van der Waals surface area contributed by atoms with Crippen molar-refractivity contribution in [2.45, 2.75) is 4.90 Å². The predicted octanol–water partition coefficient (Wildman–Crippen LogP) is 5.36. The third kappa shape index (κ3) is 3.52. The molecule has 6 heteroatoms. The Morgan fingerprint density at radius 2 is 1.48 bits per heavy atom. The zero-order valence-corrected chi connectivity index (χ0v) is 15.7. The van der Waals surface area contributed by atoms with Gasteiger partial charge in [0.15, 0.2) is 0 Å². The fraction of sp³-hybridized carbons (Fsp3) is 0. The molecule has 0 amide bonds. The minimum absolute atomic E-state index is 0.182. The van der Waals surface area contributed by atoms with Crippen molar-refractivity contribution in [3.8, 4) is 11.1 Å². The van der Waals surface area contributed by atoms with Gasteiger partial charge in [-0.25, -0.2) is 8.42 Å². The van der Waals surface area contributed by atoms with Crippen molar-refractivity contribution in [3.63, 3.8) is 0 Å². The van der Waals surface area contributed by atoms with E-state index in [-0.39, 0.29) is 4.90 Å². The normalized spacial score (nSPS) is 11.4. The van der Waals surface area contributed by atoms with E-state index >= 15 is 0 Å². The van der Waals surface area contributed by atoms with Crippen LogP contribution >= 0.6 is 11.6 Å². The molecule has 0 aliphatic carbocycles. The van der Waals surface area contributed by atoms with Crippen LogP contribution in [0.1, 0.15) is 0 Å². The number of nitrogens with zero attached hydrogens (tertiary/aromatic N) is 1. The molecule has 0 saturated heterocycles. The molecule has 1 N–H and O–H groups in total. The minimum Gasteiger partial charge on any atom is -0.277 e. The molecule has 0 saturated carbocycles. The Hall–Kier alpha value is -2.89. The second-order valence-electron chi connectivity index (χ2n) is 5.99. The Kier molecular flexibility index (Phi) is 4.56. The summed E-state index contributed by atoms with van der Waals surface area (Å²) in [6.45, 7) is 0. The fourth-order valence-corrected chi connectivity index (χ4v) is 4.16. The van der Waals surface area contributed by atoms with Crippen molar-refractivity contribution < 1.29 is 8.42 Å². The van der Waals surface area contributed by atoms with Gasteiger partial charge in [0.1, 0.15) is 0 Å². The number of aromatic nitrogens is 1. The second-order valence-corrected chi connectivity index (χ2v) is 8.08. The number of pyridine rings is 1. The number of sulfonamides is 1. The van der Waals surface area contributed by atoms with Crippen LogP contribution in [0.5, 0.6) is 0 Å². The van der Waals surface area contributed by atoms with Gasteiger partial charge < -0.3 is 0 Å². The maximum atomic E-state index is 12.8. The van der Waals surface area contributed by atoms with Crippen LogP contribution in [-0.4, -0.2) is 13.4 Å². The van der Waals surface area contributed by atoms with Crippen molar-refractivity contribution >= 4 is 38.2 Å². The Morgan fingerprint density at radius 1 is 0.778 bits per heavy atom. The number of halogens is 1. The van der Waals surface area contributed by atoms with Gasteiger partial charge in [0.05, 0.1) is 21.1 Å². The zero-order chi connectivity index (χ0) is 18.9. The average Bonchev–Trinajstić information content (AvgIpc) is 2.71. The van der Waals surface area contributed by atoms with Crippen molar-refractivity contribution in [1.29, 1.82) is 0 Å². The van der Waals surface area contributed by atoms with Gasteiger partial charge in [0, 0.05) is 11.6 Å². The Bertz CT molecular complexity index is 1210. The van der Waals surface area contributed by atoms with Crippen LogP contribution in [0.2, 0.25) is 5.02 Å². The van der Waals surface area contributed by atoms with Crippen LogP contribution in [-0.2, 0) is 10.0 Å². The summed E-state index contributed by atoms with van der Waals surface area (Å²) >= 11 is 6.18. The first kappa shape index (κ1) is 17.5. The van der Waals surface area contributed by atoms with E-state index in [4.69, 9.17) is 11.6 Å². The Labute approximate surface area is 162 Å². The molecule has 4 rings (SSSR count). The average molecular weight is 395 g/mol. The molecule has 4 nitrogen and oxygen atoms in total. The van der Waals surface area contributed by atoms with Crippen molar-refractivity contribution in [2.75, 3.05) is 4.72 Å². The lowest BCUT2D eigenvalue weighted by Gasteiger charge is -2.11. The van der Waals surface area contributed by atoms with Crippen LogP contribution in [0, 0.1) is 0 Å². The van der Waals surface area contributed by atoms with E-state index in [1.807, 2.05) is 30.3 Å². The highest BCUT2D eigenvalue weighted by Crippen LogP contribution is 2.30. The van der Waals surface area contributed by atoms with Crippen molar-refractivity contribution in [3.05, 3.63) is 90.1 Å². The third-order valence-electron chi connectivity index (χ3n) is 4.23. The molecule has 1 heterocycles. The monoisotopic (exact) mass is 394 g/mol. The summed E-state index contributed by atoms with van der Waals surface area (Å²) in [6.07, 6.45) is 1.60. The molecule has 27 heavy (non-hydrogen) atoms. The lowest BCUT2D eigenvalue weighted by Crippen LogP contribution is -2.13. The highest BCUT2D eigenvalue weighted by Gasteiger charge is 2.17. The summed E-state index contributed by atoms with van der Waals surface area (Å²) in [7, 11) is -3.75. The van der Waals surface area contributed by atoms with Crippen LogP contribution < -0.4 is 4.72 Å². The molecular formula is C21H15ClN2O2S. The number of rotatable bonds is 4. The van der Waals surface area contributed by atoms with Crippen LogP contribution in [0.25, 0.3) is 22.0 Å². The van der Waals surface area contributed by atoms with Gasteiger partial charge in [-0.1, -0.05) is 54.1 Å². The summed E-state index contributed by atoms with van der Waals surface area (Å²) < 4.78 is 28.2. The molecule has 1 aromatic heterocycles. The molecule has 0 bridgehead atoms. The maximum absolute atomic E-state index is 12.8. The number of benzene rings is 3. The summed E-state index contributed by atoms with van der Waals surface area (Å²) in [5, 5.41) is 1.21. The van der Waals surface area contributed by atoms with E-state index in [9.17, 15) is 8.42 Å². The van der Waals surface area contributed by atoms with Crippen LogP contribution in [0.3, 0.4) is 0 Å². The zero-order valence-electron chi connectivity index (χ0n) is 14.1. The van der Waals surface area contributed by atoms with E-state index in [1.54, 1.807) is 54.7 Å². The number of nitrogens with one attached hydrogen (secondary N) is 1. The smallest absolute Gasteiger partial charge is 0.261 e. The van der Waals surface area contributed by atoms with Gasteiger partial charge in [0.2, 0.25) is 0 Å². The third-order valence-corrected chi connectivity index (χ3v) is 5.94. The molecule has 0 aliphatic rings. The number of anilines is 1. The quantitative estimate of drug-likeness (QED) is 0.507. The molecule has 0 unspecified atom stereocenters. The molecule has 0 aliphatic heterocycles. The molecule has 0 radical (unpaired) electrons. The SMILES string of the molecule is O=S(=O)(Nc1ccc(Cl)c2cccnc12)c1ccc(-c2ccccc2)cc1. The molecule has 134 valence electrons. The largest absolute Gasteiger partial charge is 0.277 e. The van der Waals surface area contributed by atoms with Gasteiger partial charge in [0.25, 0.3) is 10.0 Å². The molecule has 0 fully saturated rings. The molecule has 4 aromatic rings. The molecule has 0 spiro atoms. The lowest BCUT2D eigenvalue weighted by atomic mass is 10.1. The number of hydrogen-bond donors (Lipinski definition) is 1. The highest BCUT2D eigenvalue weighted by atomic mass is 35.5. The van der Waals surface area contributed by atoms with Gasteiger partial charge in [-0.2, -0.15) is 0 Å². The Morgan fingerprint density at radius 3 is 2.22 bits per heavy atom. The second kappa shape index (κ2) is 7.02. The van der Waals surface area contributed by atoms with Gasteiger partial charge >= 0.3 is 0 Å². The number of fused-ring (bicyclic) bond motifs is 1. The molecule has 3 aromatic carbocycles. The summed E-state index contributed by atoms with van der Waals surface area (Å²) in [5.74, 6) is 0. The lowest BCUT2D eigenvalue weighted by molar-refractivity contribution is 0.601. The summed E-state index contributed by atoms with van der Waals surface area (Å²) in [6, 6.07) is 23.4. The topological polar surface area (TPSA) is 59.1 Å².